The first kappa shape index (κ1) is 27.2. The molecule has 0 spiro atoms. The molecule has 0 aromatic heterocycles. The highest BCUT2D eigenvalue weighted by Crippen LogP contribution is 2.30. The van der Waals surface area contributed by atoms with Gasteiger partial charge in [0.15, 0.2) is 0 Å². The number of ether oxygens (including phenoxy) is 1. The van der Waals surface area contributed by atoms with E-state index >= 15 is 0 Å². The minimum Gasteiger partial charge on any atom is -0.497 e. The maximum Gasteiger partial charge on any atom is 0.269 e. The molecule has 1 aliphatic heterocycles. The number of hydrogen-bond acceptors (Lipinski definition) is 6. The Morgan fingerprint density at radius 3 is 2.50 bits per heavy atom. The van der Waals surface area contributed by atoms with Crippen LogP contribution in [0, 0.1) is 0 Å². The van der Waals surface area contributed by atoms with Gasteiger partial charge in [-0.2, -0.15) is 0 Å². The second kappa shape index (κ2) is 11.6. The van der Waals surface area contributed by atoms with Crippen LogP contribution in [-0.2, 0) is 26.2 Å². The van der Waals surface area contributed by atoms with Crippen molar-refractivity contribution < 1.29 is 27.5 Å². The number of benzene rings is 2. The monoisotopic (exact) mass is 515 g/mol. The predicted molar refractivity (Wildman–Crippen MR) is 135 cm³/mol. The SMILES string of the molecule is CC[C@H](C)NC(=O)[C@H](C)N(Cc1cccc(OC)c1)C(=O)CCCN1C(=O)c2ccccc2S1(=O)=O. The lowest BCUT2D eigenvalue weighted by molar-refractivity contribution is -0.141. The van der Waals surface area contributed by atoms with Gasteiger partial charge in [-0.15, -0.1) is 0 Å². The van der Waals surface area contributed by atoms with Gasteiger partial charge in [0.05, 0.1) is 12.7 Å². The molecule has 0 bridgehead atoms. The van der Waals surface area contributed by atoms with Gasteiger partial charge in [0.2, 0.25) is 11.8 Å². The third-order valence-electron chi connectivity index (χ3n) is 6.32. The lowest BCUT2D eigenvalue weighted by atomic mass is 10.1. The number of methoxy groups -OCH3 is 1. The van der Waals surface area contributed by atoms with Crippen LogP contribution in [0.15, 0.2) is 53.4 Å². The van der Waals surface area contributed by atoms with E-state index in [0.29, 0.717) is 5.75 Å². The molecule has 0 radical (unpaired) electrons. The van der Waals surface area contributed by atoms with E-state index in [1.165, 1.54) is 17.0 Å². The van der Waals surface area contributed by atoms with Gasteiger partial charge >= 0.3 is 0 Å². The molecule has 3 amide bonds. The Balaban J connectivity index is 1.73. The van der Waals surface area contributed by atoms with Crippen LogP contribution < -0.4 is 10.1 Å². The van der Waals surface area contributed by atoms with Crippen molar-refractivity contribution in [3.8, 4) is 5.75 Å². The van der Waals surface area contributed by atoms with Crippen LogP contribution in [0.5, 0.6) is 5.75 Å². The molecule has 2 atom stereocenters. The van der Waals surface area contributed by atoms with Gasteiger partial charge in [0.1, 0.15) is 16.7 Å². The van der Waals surface area contributed by atoms with Gasteiger partial charge in [0, 0.05) is 25.6 Å². The number of nitrogens with one attached hydrogen (secondary N) is 1. The standard InChI is InChI=1S/C26H33N3O6S/c1-5-18(2)27-25(31)19(3)28(17-20-10-8-11-21(16-20)35-4)24(30)14-9-15-29-26(32)22-12-6-7-13-23(22)36(29,33)34/h6-8,10-13,16,18-19H,5,9,14-15,17H2,1-4H3,(H,27,31)/t18-,19-/m0/s1. The molecule has 1 aliphatic rings. The highest BCUT2D eigenvalue weighted by molar-refractivity contribution is 7.90. The highest BCUT2D eigenvalue weighted by atomic mass is 32.2. The van der Waals surface area contributed by atoms with E-state index in [-0.39, 0.29) is 54.2 Å². The van der Waals surface area contributed by atoms with Crippen LogP contribution >= 0.6 is 0 Å². The molecule has 10 heteroatoms. The molecule has 2 aromatic rings. The zero-order valence-corrected chi connectivity index (χ0v) is 21.9. The maximum absolute atomic E-state index is 13.3. The molecule has 3 rings (SSSR count). The van der Waals surface area contributed by atoms with E-state index in [9.17, 15) is 22.8 Å². The molecule has 9 nitrogen and oxygen atoms in total. The Kier molecular flexibility index (Phi) is 8.73. The fourth-order valence-corrected chi connectivity index (χ4v) is 5.59. The average molecular weight is 516 g/mol. The van der Waals surface area contributed by atoms with Crippen LogP contribution in [-0.4, -0.2) is 61.1 Å². The molecular weight excluding hydrogens is 482 g/mol. The lowest BCUT2D eigenvalue weighted by Crippen LogP contribution is -2.49. The summed E-state index contributed by atoms with van der Waals surface area (Å²) in [5.74, 6) is -0.541. The van der Waals surface area contributed by atoms with Crippen LogP contribution in [0.1, 0.15) is 56.0 Å². The summed E-state index contributed by atoms with van der Waals surface area (Å²) in [4.78, 5) is 40.2. The fraction of sp³-hybridized carbons (Fsp3) is 0.423. The Labute approximate surface area is 212 Å². The van der Waals surface area contributed by atoms with Gasteiger partial charge in [-0.25, -0.2) is 12.7 Å². The largest absolute Gasteiger partial charge is 0.497 e. The number of rotatable bonds is 11. The van der Waals surface area contributed by atoms with Crippen molar-refractivity contribution in [2.24, 2.45) is 0 Å². The van der Waals surface area contributed by atoms with Crippen molar-refractivity contribution in [1.82, 2.24) is 14.5 Å². The summed E-state index contributed by atoms with van der Waals surface area (Å²) in [7, 11) is -2.38. The smallest absolute Gasteiger partial charge is 0.269 e. The summed E-state index contributed by atoms with van der Waals surface area (Å²) in [5, 5.41) is 2.91. The number of carbonyl (C=O) groups is 3. The van der Waals surface area contributed by atoms with E-state index in [1.54, 1.807) is 38.3 Å². The van der Waals surface area contributed by atoms with Crippen LogP contribution in [0.3, 0.4) is 0 Å². The van der Waals surface area contributed by atoms with Crippen molar-refractivity contribution in [2.45, 2.75) is 63.6 Å². The molecule has 1 N–H and O–H groups in total. The van der Waals surface area contributed by atoms with Crippen LogP contribution in [0.2, 0.25) is 0 Å². The van der Waals surface area contributed by atoms with Gasteiger partial charge in [0.25, 0.3) is 15.9 Å². The molecule has 1 heterocycles. The lowest BCUT2D eigenvalue weighted by Gasteiger charge is -2.30. The van der Waals surface area contributed by atoms with Crippen molar-refractivity contribution in [1.29, 1.82) is 0 Å². The van der Waals surface area contributed by atoms with E-state index in [2.05, 4.69) is 5.32 Å². The number of sulfonamides is 1. The van der Waals surface area contributed by atoms with Crippen molar-refractivity contribution >= 4 is 27.7 Å². The second-order valence-corrected chi connectivity index (χ2v) is 10.7. The van der Waals surface area contributed by atoms with Crippen molar-refractivity contribution in [2.75, 3.05) is 13.7 Å². The number of nitrogens with zero attached hydrogens (tertiary/aromatic N) is 2. The Morgan fingerprint density at radius 2 is 1.83 bits per heavy atom. The van der Waals surface area contributed by atoms with Gasteiger partial charge in [-0.05, 0) is 56.5 Å². The van der Waals surface area contributed by atoms with Gasteiger partial charge in [-0.3, -0.25) is 14.4 Å². The number of fused-ring (bicyclic) bond motifs is 1. The number of hydrogen-bond donors (Lipinski definition) is 1. The Morgan fingerprint density at radius 1 is 1.11 bits per heavy atom. The molecule has 0 saturated heterocycles. The average Bonchev–Trinajstić information content (AvgIpc) is 3.07. The zero-order chi connectivity index (χ0) is 26.5. The first-order chi connectivity index (χ1) is 17.1. The zero-order valence-electron chi connectivity index (χ0n) is 21.1. The summed E-state index contributed by atoms with van der Waals surface area (Å²) in [5.41, 5.74) is 0.928. The molecule has 0 fully saturated rings. The third kappa shape index (κ3) is 5.87. The summed E-state index contributed by atoms with van der Waals surface area (Å²) < 4.78 is 31.6. The summed E-state index contributed by atoms with van der Waals surface area (Å²) in [6.45, 7) is 5.57. The molecule has 194 valence electrons. The van der Waals surface area contributed by atoms with E-state index in [1.807, 2.05) is 26.0 Å². The summed E-state index contributed by atoms with van der Waals surface area (Å²) >= 11 is 0. The van der Waals surface area contributed by atoms with E-state index in [0.717, 1.165) is 16.3 Å². The molecular formula is C26H33N3O6S. The Bertz CT molecular complexity index is 1230. The highest BCUT2D eigenvalue weighted by Gasteiger charge is 2.40. The first-order valence-corrected chi connectivity index (χ1v) is 13.4. The maximum atomic E-state index is 13.3. The molecule has 0 unspecified atom stereocenters. The number of carbonyl (C=O) groups excluding carboxylic acids is 3. The van der Waals surface area contributed by atoms with Crippen LogP contribution in [0.25, 0.3) is 0 Å². The Hall–Kier alpha value is -3.40. The topological polar surface area (TPSA) is 113 Å². The molecule has 0 saturated carbocycles. The fourth-order valence-electron chi connectivity index (χ4n) is 3.99. The van der Waals surface area contributed by atoms with E-state index < -0.39 is 22.0 Å². The first-order valence-electron chi connectivity index (χ1n) is 12.0. The number of amides is 3. The molecule has 2 aromatic carbocycles. The predicted octanol–water partition coefficient (Wildman–Crippen LogP) is 2.95. The third-order valence-corrected chi connectivity index (χ3v) is 8.16. The molecule has 0 aliphatic carbocycles. The minimum absolute atomic E-state index is 0.0173. The minimum atomic E-state index is -3.94. The quantitative estimate of drug-likeness (QED) is 0.492. The van der Waals surface area contributed by atoms with E-state index in [4.69, 9.17) is 4.74 Å². The normalized spacial score (nSPS) is 15.7. The van der Waals surface area contributed by atoms with Crippen molar-refractivity contribution in [3.63, 3.8) is 0 Å². The summed E-state index contributed by atoms with van der Waals surface area (Å²) in [6, 6.07) is 12.5. The van der Waals surface area contributed by atoms with Crippen molar-refractivity contribution in [3.05, 3.63) is 59.7 Å². The van der Waals surface area contributed by atoms with Crippen LogP contribution in [0.4, 0.5) is 0 Å². The molecule has 36 heavy (non-hydrogen) atoms. The van der Waals surface area contributed by atoms with Gasteiger partial charge in [-0.1, -0.05) is 31.2 Å². The second-order valence-electron chi connectivity index (χ2n) is 8.85. The summed E-state index contributed by atoms with van der Waals surface area (Å²) in [6.07, 6.45) is 0.857. The van der Waals surface area contributed by atoms with Gasteiger partial charge < -0.3 is 15.0 Å².